The van der Waals surface area contributed by atoms with E-state index in [1.54, 1.807) is 0 Å². The lowest BCUT2D eigenvalue weighted by atomic mass is 9.93. The van der Waals surface area contributed by atoms with E-state index in [4.69, 9.17) is 4.74 Å². The fourth-order valence-electron chi connectivity index (χ4n) is 3.17. The van der Waals surface area contributed by atoms with Crippen LogP contribution in [0.1, 0.15) is 44.1 Å². The predicted octanol–water partition coefficient (Wildman–Crippen LogP) is 4.32. The second kappa shape index (κ2) is 7.75. The lowest BCUT2D eigenvalue weighted by molar-refractivity contribution is 0.0979. The van der Waals surface area contributed by atoms with Crippen molar-refractivity contribution in [3.05, 3.63) is 34.3 Å². The summed E-state index contributed by atoms with van der Waals surface area (Å²) in [7, 11) is 0. The molecule has 1 saturated carbocycles. The molecule has 1 N–H and O–H groups in total. The molecule has 0 amide bonds. The van der Waals surface area contributed by atoms with E-state index in [1.807, 2.05) is 0 Å². The van der Waals surface area contributed by atoms with E-state index < -0.39 is 0 Å². The molecule has 2 aliphatic rings. The molecule has 1 heterocycles. The van der Waals surface area contributed by atoms with E-state index in [0.29, 0.717) is 12.0 Å². The molecular weight excluding hydrogens is 326 g/mol. The number of hydrogen-bond acceptors (Lipinski definition) is 2. The minimum Gasteiger partial charge on any atom is -0.378 e. The lowest BCUT2D eigenvalue weighted by Crippen LogP contribution is -2.27. The third-order valence-electron chi connectivity index (χ3n) is 4.66. The topological polar surface area (TPSA) is 21.3 Å². The van der Waals surface area contributed by atoms with Gasteiger partial charge < -0.3 is 10.1 Å². The molecule has 1 aliphatic carbocycles. The van der Waals surface area contributed by atoms with Gasteiger partial charge in [0.2, 0.25) is 0 Å². The predicted molar refractivity (Wildman–Crippen MR) is 90.6 cm³/mol. The second-order valence-corrected chi connectivity index (χ2v) is 7.41. The first-order valence-corrected chi connectivity index (χ1v) is 9.19. The van der Waals surface area contributed by atoms with Crippen molar-refractivity contribution in [2.75, 3.05) is 13.2 Å². The first-order valence-electron chi connectivity index (χ1n) is 8.39. The number of ether oxygens (including phenoxy) is 1. The van der Waals surface area contributed by atoms with E-state index >= 15 is 0 Å². The summed E-state index contributed by atoms with van der Waals surface area (Å²) in [5.74, 6) is 0.716. The van der Waals surface area contributed by atoms with Gasteiger partial charge in [-0.15, -0.1) is 0 Å². The molecule has 1 aromatic carbocycles. The van der Waals surface area contributed by atoms with E-state index in [1.165, 1.54) is 48.6 Å². The SMILES string of the molecule is Brc1ccccc1CC(CCC1CCCO1)CNC1CC1. The third-order valence-corrected chi connectivity index (χ3v) is 5.43. The van der Waals surface area contributed by atoms with Gasteiger partial charge in [-0.1, -0.05) is 34.1 Å². The Bertz CT molecular complexity index is 441. The van der Waals surface area contributed by atoms with Crippen molar-refractivity contribution < 1.29 is 4.74 Å². The Hall–Kier alpha value is -0.380. The summed E-state index contributed by atoms with van der Waals surface area (Å²) < 4.78 is 7.03. The molecule has 2 atom stereocenters. The minimum absolute atomic E-state index is 0.521. The Kier molecular flexibility index (Phi) is 5.73. The first kappa shape index (κ1) is 15.5. The Morgan fingerprint density at radius 1 is 1.24 bits per heavy atom. The van der Waals surface area contributed by atoms with Gasteiger partial charge in [0.25, 0.3) is 0 Å². The molecule has 3 heteroatoms. The standard InChI is InChI=1S/C18H26BrNO/c19-18-6-2-1-4-15(18)12-14(13-20-16-8-9-16)7-10-17-5-3-11-21-17/h1-2,4,6,14,16-17,20H,3,5,7-13H2. The third kappa shape index (κ3) is 5.08. The Labute approximate surface area is 136 Å². The van der Waals surface area contributed by atoms with Crippen LogP contribution in [0.3, 0.4) is 0 Å². The van der Waals surface area contributed by atoms with E-state index in [0.717, 1.165) is 25.6 Å². The molecule has 1 aliphatic heterocycles. The fraction of sp³-hybridized carbons (Fsp3) is 0.667. The Morgan fingerprint density at radius 2 is 2.10 bits per heavy atom. The number of nitrogens with one attached hydrogen (secondary N) is 1. The first-order chi connectivity index (χ1) is 10.3. The molecule has 116 valence electrons. The zero-order valence-electron chi connectivity index (χ0n) is 12.7. The van der Waals surface area contributed by atoms with Crippen molar-refractivity contribution in [2.45, 2.75) is 57.1 Å². The maximum absolute atomic E-state index is 5.79. The molecule has 1 aromatic rings. The van der Waals surface area contributed by atoms with E-state index in [-0.39, 0.29) is 0 Å². The van der Waals surface area contributed by atoms with Gasteiger partial charge in [0.15, 0.2) is 0 Å². The van der Waals surface area contributed by atoms with Crippen molar-refractivity contribution in [3.8, 4) is 0 Å². The van der Waals surface area contributed by atoms with Gasteiger partial charge >= 0.3 is 0 Å². The summed E-state index contributed by atoms with van der Waals surface area (Å²) in [5, 5.41) is 3.72. The molecule has 21 heavy (non-hydrogen) atoms. The maximum atomic E-state index is 5.79. The Morgan fingerprint density at radius 3 is 2.81 bits per heavy atom. The lowest BCUT2D eigenvalue weighted by Gasteiger charge is -2.20. The molecular formula is C18H26BrNO. The normalized spacial score (nSPS) is 23.4. The zero-order chi connectivity index (χ0) is 14.5. The van der Waals surface area contributed by atoms with Gasteiger partial charge in [0.1, 0.15) is 0 Å². The maximum Gasteiger partial charge on any atom is 0.0576 e. The van der Waals surface area contributed by atoms with Crippen LogP contribution in [0.4, 0.5) is 0 Å². The van der Waals surface area contributed by atoms with Crippen LogP contribution in [0.2, 0.25) is 0 Å². The highest BCUT2D eigenvalue weighted by Crippen LogP contribution is 2.26. The molecule has 2 nitrogen and oxygen atoms in total. The summed E-state index contributed by atoms with van der Waals surface area (Å²) in [6.07, 6.45) is 9.42. The van der Waals surface area contributed by atoms with Crippen molar-refractivity contribution in [3.63, 3.8) is 0 Å². The van der Waals surface area contributed by atoms with Gasteiger partial charge in [0.05, 0.1) is 6.10 Å². The van der Waals surface area contributed by atoms with Crippen LogP contribution in [0.15, 0.2) is 28.7 Å². The van der Waals surface area contributed by atoms with E-state index in [9.17, 15) is 0 Å². The van der Waals surface area contributed by atoms with Gasteiger partial charge in [-0.3, -0.25) is 0 Å². The quantitative estimate of drug-likeness (QED) is 0.752. The molecule has 3 rings (SSSR count). The van der Waals surface area contributed by atoms with Crippen LogP contribution in [0.25, 0.3) is 0 Å². The molecule has 0 aromatic heterocycles. The summed E-state index contributed by atoms with van der Waals surface area (Å²) in [6.45, 7) is 2.12. The monoisotopic (exact) mass is 351 g/mol. The van der Waals surface area contributed by atoms with Crippen molar-refractivity contribution >= 4 is 15.9 Å². The number of rotatable bonds is 8. The van der Waals surface area contributed by atoms with Crippen LogP contribution < -0.4 is 5.32 Å². The number of halogens is 1. The van der Waals surface area contributed by atoms with Gasteiger partial charge in [0, 0.05) is 17.1 Å². The number of hydrogen-bond donors (Lipinski definition) is 1. The Balaban J connectivity index is 1.53. The highest BCUT2D eigenvalue weighted by Gasteiger charge is 2.23. The van der Waals surface area contributed by atoms with Gasteiger partial charge in [-0.2, -0.15) is 0 Å². The second-order valence-electron chi connectivity index (χ2n) is 6.56. The highest BCUT2D eigenvalue weighted by atomic mass is 79.9. The summed E-state index contributed by atoms with van der Waals surface area (Å²) in [6, 6.07) is 9.44. The summed E-state index contributed by atoms with van der Waals surface area (Å²) in [4.78, 5) is 0. The minimum atomic E-state index is 0.521. The van der Waals surface area contributed by atoms with Crippen LogP contribution >= 0.6 is 15.9 Å². The van der Waals surface area contributed by atoms with Gasteiger partial charge in [-0.05, 0) is 69.0 Å². The molecule has 2 unspecified atom stereocenters. The average molecular weight is 352 g/mol. The average Bonchev–Trinajstić information content (AvgIpc) is 3.18. The summed E-state index contributed by atoms with van der Waals surface area (Å²) >= 11 is 3.69. The molecule has 2 fully saturated rings. The zero-order valence-corrected chi connectivity index (χ0v) is 14.3. The smallest absolute Gasteiger partial charge is 0.0576 e. The summed E-state index contributed by atoms with van der Waals surface area (Å²) in [5.41, 5.74) is 1.44. The van der Waals surface area contributed by atoms with Crippen LogP contribution in [0, 0.1) is 5.92 Å². The van der Waals surface area contributed by atoms with E-state index in [2.05, 4.69) is 45.5 Å². The molecule has 0 radical (unpaired) electrons. The van der Waals surface area contributed by atoms with Crippen molar-refractivity contribution in [1.29, 1.82) is 0 Å². The van der Waals surface area contributed by atoms with Crippen LogP contribution in [-0.2, 0) is 11.2 Å². The van der Waals surface area contributed by atoms with Crippen LogP contribution in [-0.4, -0.2) is 25.3 Å². The van der Waals surface area contributed by atoms with Crippen LogP contribution in [0.5, 0.6) is 0 Å². The fourth-order valence-corrected chi connectivity index (χ4v) is 3.61. The van der Waals surface area contributed by atoms with Gasteiger partial charge in [-0.25, -0.2) is 0 Å². The molecule has 0 bridgehead atoms. The molecule has 0 spiro atoms. The van der Waals surface area contributed by atoms with Crippen molar-refractivity contribution in [1.82, 2.24) is 5.32 Å². The molecule has 1 saturated heterocycles. The highest BCUT2D eigenvalue weighted by molar-refractivity contribution is 9.10. The van der Waals surface area contributed by atoms with Crippen molar-refractivity contribution in [2.24, 2.45) is 5.92 Å². The number of benzene rings is 1. The largest absolute Gasteiger partial charge is 0.378 e.